The van der Waals surface area contributed by atoms with Crippen molar-refractivity contribution in [2.24, 2.45) is 5.73 Å². The fourth-order valence-corrected chi connectivity index (χ4v) is 1.37. The predicted molar refractivity (Wildman–Crippen MR) is 51.1 cm³/mol. The quantitative estimate of drug-likeness (QED) is 0.353. The molecule has 0 heterocycles. The summed E-state index contributed by atoms with van der Waals surface area (Å²) < 4.78 is 4.43. The van der Waals surface area contributed by atoms with E-state index in [1.165, 1.54) is 25.8 Å². The summed E-state index contributed by atoms with van der Waals surface area (Å²) in [6.45, 7) is 1.43. The van der Waals surface area contributed by atoms with Crippen molar-refractivity contribution in [3.63, 3.8) is 0 Å². The van der Waals surface area contributed by atoms with Gasteiger partial charge in [-0.15, -0.1) is 11.8 Å². The molecule has 0 aliphatic heterocycles. The van der Waals surface area contributed by atoms with Crippen molar-refractivity contribution in [1.82, 2.24) is 5.32 Å². The predicted octanol–water partition coefficient (Wildman–Crippen LogP) is -0.686. The molecule has 0 unspecified atom stereocenters. The van der Waals surface area contributed by atoms with Gasteiger partial charge < -0.3 is 15.8 Å². The second kappa shape index (κ2) is 6.73. The van der Waals surface area contributed by atoms with Crippen LogP contribution in [-0.4, -0.2) is 36.7 Å². The molecular formula is C7H14N2O3S. The normalized spacial score (nSPS) is 11.9. The number of nitrogens with two attached hydrogens (primary N) is 1. The van der Waals surface area contributed by atoms with Gasteiger partial charge in [0, 0.05) is 12.7 Å². The van der Waals surface area contributed by atoms with E-state index in [1.54, 1.807) is 0 Å². The maximum absolute atomic E-state index is 10.8. The van der Waals surface area contributed by atoms with E-state index in [0.29, 0.717) is 11.6 Å². The van der Waals surface area contributed by atoms with E-state index in [0.717, 1.165) is 0 Å². The second-order valence-electron chi connectivity index (χ2n) is 2.38. The van der Waals surface area contributed by atoms with Crippen molar-refractivity contribution < 1.29 is 14.3 Å². The first-order chi connectivity index (χ1) is 6.07. The number of rotatable bonds is 5. The van der Waals surface area contributed by atoms with Crippen molar-refractivity contribution in [2.45, 2.75) is 13.0 Å². The highest BCUT2D eigenvalue weighted by Gasteiger charge is 2.12. The first kappa shape index (κ1) is 12.2. The Morgan fingerprint density at radius 2 is 2.23 bits per heavy atom. The zero-order valence-electron chi connectivity index (χ0n) is 7.70. The smallest absolute Gasteiger partial charge is 0.323 e. The van der Waals surface area contributed by atoms with E-state index in [4.69, 9.17) is 5.73 Å². The lowest BCUT2D eigenvalue weighted by molar-refractivity contribution is -0.141. The zero-order valence-corrected chi connectivity index (χ0v) is 8.52. The molecule has 0 saturated heterocycles. The Morgan fingerprint density at radius 1 is 1.62 bits per heavy atom. The summed E-state index contributed by atoms with van der Waals surface area (Å²) in [7, 11) is 1.29. The van der Waals surface area contributed by atoms with Gasteiger partial charge in [0.2, 0.25) is 5.91 Å². The monoisotopic (exact) mass is 206 g/mol. The second-order valence-corrected chi connectivity index (χ2v) is 3.41. The number of hydrogen-bond donors (Lipinski definition) is 2. The number of carbonyl (C=O) groups is 2. The minimum absolute atomic E-state index is 0.0980. The van der Waals surface area contributed by atoms with Crippen LogP contribution in [0.2, 0.25) is 0 Å². The molecule has 0 aromatic carbocycles. The largest absolute Gasteiger partial charge is 0.468 e. The molecule has 0 spiro atoms. The maximum Gasteiger partial charge on any atom is 0.323 e. The van der Waals surface area contributed by atoms with E-state index in [2.05, 4.69) is 10.1 Å². The fourth-order valence-electron chi connectivity index (χ4n) is 0.558. The van der Waals surface area contributed by atoms with Gasteiger partial charge in [-0.25, -0.2) is 0 Å². The SMILES string of the molecule is COC(=O)[C@H](N)CSCNC(C)=O. The molecule has 3 N–H and O–H groups in total. The summed E-state index contributed by atoms with van der Waals surface area (Å²) in [6, 6.07) is -0.622. The highest BCUT2D eigenvalue weighted by molar-refractivity contribution is 7.99. The van der Waals surface area contributed by atoms with Crippen molar-refractivity contribution in [2.75, 3.05) is 18.7 Å². The lowest BCUT2D eigenvalue weighted by Gasteiger charge is -2.08. The summed E-state index contributed by atoms with van der Waals surface area (Å²) in [4.78, 5) is 21.2. The van der Waals surface area contributed by atoms with Crippen LogP contribution in [0.4, 0.5) is 0 Å². The summed E-state index contributed by atoms with van der Waals surface area (Å²) in [6.07, 6.45) is 0. The average molecular weight is 206 g/mol. The van der Waals surface area contributed by atoms with E-state index in [9.17, 15) is 9.59 Å². The van der Waals surface area contributed by atoms with Crippen molar-refractivity contribution in [3.05, 3.63) is 0 Å². The fraction of sp³-hybridized carbons (Fsp3) is 0.714. The number of esters is 1. The summed E-state index contributed by atoms with van der Waals surface area (Å²) in [5, 5.41) is 2.57. The third-order valence-corrected chi connectivity index (χ3v) is 2.17. The number of hydrogen-bond acceptors (Lipinski definition) is 5. The summed E-state index contributed by atoms with van der Waals surface area (Å²) in [5.74, 6) is 0.363. The Bertz CT molecular complexity index is 187. The maximum atomic E-state index is 10.8. The van der Waals surface area contributed by atoms with E-state index >= 15 is 0 Å². The number of carbonyl (C=O) groups excluding carboxylic acids is 2. The van der Waals surface area contributed by atoms with Gasteiger partial charge in [-0.1, -0.05) is 0 Å². The van der Waals surface area contributed by atoms with Crippen LogP contribution < -0.4 is 11.1 Å². The number of amides is 1. The van der Waals surface area contributed by atoms with Crippen molar-refractivity contribution in [3.8, 4) is 0 Å². The topological polar surface area (TPSA) is 81.4 Å². The van der Waals surface area contributed by atoms with E-state index in [-0.39, 0.29) is 5.91 Å². The summed E-state index contributed by atoms with van der Waals surface area (Å²) in [5.41, 5.74) is 5.44. The molecule has 0 aliphatic rings. The lowest BCUT2D eigenvalue weighted by Crippen LogP contribution is -2.34. The minimum Gasteiger partial charge on any atom is -0.468 e. The van der Waals surface area contributed by atoms with E-state index in [1.807, 2.05) is 0 Å². The number of thioether (sulfide) groups is 1. The highest BCUT2D eigenvalue weighted by atomic mass is 32.2. The molecule has 0 fully saturated rings. The van der Waals surface area contributed by atoms with Crippen LogP contribution in [0.25, 0.3) is 0 Å². The van der Waals surface area contributed by atoms with Crippen LogP contribution in [0, 0.1) is 0 Å². The first-order valence-corrected chi connectivity index (χ1v) is 4.89. The number of ether oxygens (including phenoxy) is 1. The van der Waals surface area contributed by atoms with Crippen LogP contribution in [0.3, 0.4) is 0 Å². The third-order valence-electron chi connectivity index (χ3n) is 1.22. The lowest BCUT2D eigenvalue weighted by atomic mass is 10.4. The highest BCUT2D eigenvalue weighted by Crippen LogP contribution is 2.00. The van der Waals surface area contributed by atoms with Gasteiger partial charge in [-0.05, 0) is 0 Å². The molecule has 0 saturated carbocycles. The molecule has 6 heteroatoms. The Kier molecular flexibility index (Phi) is 6.34. The Balaban J connectivity index is 3.42. The molecule has 0 radical (unpaired) electrons. The Morgan fingerprint density at radius 3 is 2.69 bits per heavy atom. The van der Waals surface area contributed by atoms with Gasteiger partial charge >= 0.3 is 5.97 Å². The van der Waals surface area contributed by atoms with Crippen LogP contribution in [-0.2, 0) is 14.3 Å². The number of methoxy groups -OCH3 is 1. The van der Waals surface area contributed by atoms with Gasteiger partial charge in [-0.2, -0.15) is 0 Å². The van der Waals surface area contributed by atoms with Gasteiger partial charge in [0.15, 0.2) is 0 Å². The molecule has 76 valence electrons. The summed E-state index contributed by atoms with van der Waals surface area (Å²) >= 11 is 1.38. The van der Waals surface area contributed by atoms with Crippen molar-refractivity contribution >= 4 is 23.6 Å². The van der Waals surface area contributed by atoms with Crippen LogP contribution in [0.5, 0.6) is 0 Å². The number of nitrogens with one attached hydrogen (secondary N) is 1. The van der Waals surface area contributed by atoms with Gasteiger partial charge in [0.1, 0.15) is 6.04 Å². The molecule has 13 heavy (non-hydrogen) atoms. The standard InChI is InChI=1S/C7H14N2O3S/c1-5(10)9-4-13-3-6(8)7(11)12-2/h6H,3-4,8H2,1-2H3,(H,9,10)/t6-/m1/s1. The van der Waals surface area contributed by atoms with Crippen LogP contribution in [0.15, 0.2) is 0 Å². The van der Waals surface area contributed by atoms with Gasteiger partial charge in [-0.3, -0.25) is 9.59 Å². The zero-order chi connectivity index (χ0) is 10.3. The van der Waals surface area contributed by atoms with E-state index < -0.39 is 12.0 Å². The Labute approximate surface area is 81.4 Å². The molecule has 1 atom stereocenters. The molecule has 1 amide bonds. The molecule has 0 bridgehead atoms. The third kappa shape index (κ3) is 6.41. The Hall–Kier alpha value is -0.750. The molecule has 0 aliphatic carbocycles. The van der Waals surface area contributed by atoms with Crippen molar-refractivity contribution in [1.29, 1.82) is 0 Å². The minimum atomic E-state index is -0.622. The molecule has 5 nitrogen and oxygen atoms in total. The van der Waals surface area contributed by atoms with Gasteiger partial charge in [0.25, 0.3) is 0 Å². The van der Waals surface area contributed by atoms with Crippen LogP contribution in [0.1, 0.15) is 6.92 Å². The molecule has 0 rings (SSSR count). The van der Waals surface area contributed by atoms with Gasteiger partial charge in [0.05, 0.1) is 13.0 Å². The molecule has 0 aromatic rings. The van der Waals surface area contributed by atoms with Crippen LogP contribution >= 0.6 is 11.8 Å². The molecular weight excluding hydrogens is 192 g/mol. The average Bonchev–Trinajstić information content (AvgIpc) is 2.10. The first-order valence-electron chi connectivity index (χ1n) is 3.73. The molecule has 0 aromatic heterocycles.